The van der Waals surface area contributed by atoms with Crippen LogP contribution in [0.1, 0.15) is 32.8 Å². The van der Waals surface area contributed by atoms with E-state index >= 15 is 0 Å². The van der Waals surface area contributed by atoms with Gasteiger partial charge in [0.2, 0.25) is 5.91 Å². The molecule has 136 valence electrons. The molecule has 2 aromatic rings. The van der Waals surface area contributed by atoms with Gasteiger partial charge in [0.15, 0.2) is 0 Å². The third-order valence-electron chi connectivity index (χ3n) is 4.54. The first-order chi connectivity index (χ1) is 12.3. The molecule has 1 N–H and O–H groups in total. The van der Waals surface area contributed by atoms with Crippen LogP contribution in [0.15, 0.2) is 42.5 Å². The smallest absolute Gasteiger partial charge is 0.328 e. The number of benzene rings is 2. The number of urea groups is 1. The van der Waals surface area contributed by atoms with Crippen molar-refractivity contribution in [2.45, 2.75) is 32.6 Å². The van der Waals surface area contributed by atoms with Gasteiger partial charge in [-0.1, -0.05) is 51.1 Å². The molecule has 0 aliphatic carbocycles. The summed E-state index contributed by atoms with van der Waals surface area (Å²) in [6.45, 7) is 6.71. The molecule has 1 saturated heterocycles. The number of amides is 3. The van der Waals surface area contributed by atoms with Gasteiger partial charge in [0.25, 0.3) is 0 Å². The SMILES string of the molecule is COc1c(-c2ccccc2)cc(N2CCC(=O)NC2=O)cc1C(C)(C)C. The summed E-state index contributed by atoms with van der Waals surface area (Å²) in [5.74, 6) is 0.569. The summed E-state index contributed by atoms with van der Waals surface area (Å²) < 4.78 is 5.77. The Kier molecular flexibility index (Phi) is 4.72. The lowest BCUT2D eigenvalue weighted by Crippen LogP contribution is -2.49. The maximum atomic E-state index is 12.3. The normalized spacial score (nSPS) is 15.0. The molecule has 0 radical (unpaired) electrons. The fourth-order valence-electron chi connectivity index (χ4n) is 3.19. The van der Waals surface area contributed by atoms with E-state index in [0.29, 0.717) is 13.0 Å². The summed E-state index contributed by atoms with van der Waals surface area (Å²) in [6.07, 6.45) is 0.295. The van der Waals surface area contributed by atoms with Gasteiger partial charge < -0.3 is 4.74 Å². The molecule has 1 heterocycles. The highest BCUT2D eigenvalue weighted by Crippen LogP contribution is 2.42. The van der Waals surface area contributed by atoms with Crippen molar-refractivity contribution in [2.75, 3.05) is 18.6 Å². The fourth-order valence-corrected chi connectivity index (χ4v) is 3.19. The van der Waals surface area contributed by atoms with Gasteiger partial charge in [-0.05, 0) is 23.1 Å². The minimum atomic E-state index is -0.384. The second-order valence-electron chi connectivity index (χ2n) is 7.45. The second kappa shape index (κ2) is 6.83. The van der Waals surface area contributed by atoms with E-state index in [2.05, 4.69) is 26.1 Å². The number of carbonyl (C=O) groups is 2. The van der Waals surface area contributed by atoms with Crippen molar-refractivity contribution in [3.05, 3.63) is 48.0 Å². The number of nitrogens with one attached hydrogen (secondary N) is 1. The lowest BCUT2D eigenvalue weighted by Gasteiger charge is -2.30. The zero-order chi connectivity index (χ0) is 18.9. The third-order valence-corrected chi connectivity index (χ3v) is 4.54. The first-order valence-electron chi connectivity index (χ1n) is 8.70. The van der Waals surface area contributed by atoms with Crippen molar-refractivity contribution in [3.8, 4) is 16.9 Å². The highest BCUT2D eigenvalue weighted by molar-refractivity contribution is 6.06. The summed E-state index contributed by atoms with van der Waals surface area (Å²) in [5, 5.41) is 2.39. The molecule has 0 unspecified atom stereocenters. The van der Waals surface area contributed by atoms with Crippen LogP contribution in [-0.2, 0) is 10.2 Å². The number of methoxy groups -OCH3 is 1. The van der Waals surface area contributed by atoms with E-state index in [-0.39, 0.29) is 17.4 Å². The van der Waals surface area contributed by atoms with E-state index in [4.69, 9.17) is 4.74 Å². The number of nitrogens with zero attached hydrogens (tertiary/aromatic N) is 1. The van der Waals surface area contributed by atoms with Crippen LogP contribution in [0, 0.1) is 0 Å². The Hall–Kier alpha value is -2.82. The van der Waals surface area contributed by atoms with E-state index in [0.717, 1.165) is 28.1 Å². The molecule has 3 amide bonds. The van der Waals surface area contributed by atoms with E-state index in [1.165, 1.54) is 0 Å². The Balaban J connectivity index is 2.20. The van der Waals surface area contributed by atoms with Crippen molar-refractivity contribution >= 4 is 17.6 Å². The van der Waals surface area contributed by atoms with E-state index in [1.54, 1.807) is 12.0 Å². The predicted octanol–water partition coefficient (Wildman–Crippen LogP) is 4.11. The molecular weight excluding hydrogens is 328 g/mol. The summed E-state index contributed by atoms with van der Waals surface area (Å²) in [6, 6.07) is 13.5. The lowest BCUT2D eigenvalue weighted by molar-refractivity contribution is -0.120. The standard InChI is InChI=1S/C21H24N2O3/c1-21(2,3)17-13-15(23-11-10-18(24)22-20(23)25)12-16(19(17)26-4)14-8-6-5-7-9-14/h5-9,12-13H,10-11H2,1-4H3,(H,22,24,25). The molecule has 1 aliphatic rings. The van der Waals surface area contributed by atoms with Crippen LogP contribution in [-0.4, -0.2) is 25.6 Å². The number of rotatable bonds is 3. The first kappa shape index (κ1) is 18.0. The summed E-state index contributed by atoms with van der Waals surface area (Å²) >= 11 is 0. The topological polar surface area (TPSA) is 58.6 Å². The molecule has 0 saturated carbocycles. The van der Waals surface area contributed by atoms with Crippen LogP contribution in [0.2, 0.25) is 0 Å². The average molecular weight is 352 g/mol. The van der Waals surface area contributed by atoms with Gasteiger partial charge in [-0.2, -0.15) is 0 Å². The van der Waals surface area contributed by atoms with E-state index in [9.17, 15) is 9.59 Å². The number of hydrogen-bond donors (Lipinski definition) is 1. The number of anilines is 1. The minimum Gasteiger partial charge on any atom is -0.496 e. The Labute approximate surface area is 154 Å². The number of ether oxygens (including phenoxy) is 1. The summed E-state index contributed by atoms with van der Waals surface area (Å²) in [7, 11) is 1.67. The third kappa shape index (κ3) is 3.43. The lowest BCUT2D eigenvalue weighted by atomic mass is 9.83. The number of carbonyl (C=O) groups excluding carboxylic acids is 2. The first-order valence-corrected chi connectivity index (χ1v) is 8.70. The molecular formula is C21H24N2O3. The number of imide groups is 1. The molecule has 5 nitrogen and oxygen atoms in total. The second-order valence-corrected chi connectivity index (χ2v) is 7.45. The van der Waals surface area contributed by atoms with Gasteiger partial charge in [0.05, 0.1) is 7.11 Å². The molecule has 26 heavy (non-hydrogen) atoms. The van der Waals surface area contributed by atoms with Crippen molar-refractivity contribution in [1.29, 1.82) is 0 Å². The molecule has 0 bridgehead atoms. The van der Waals surface area contributed by atoms with Crippen LogP contribution in [0.3, 0.4) is 0 Å². The zero-order valence-electron chi connectivity index (χ0n) is 15.6. The Morgan fingerprint density at radius 1 is 1.08 bits per heavy atom. The maximum absolute atomic E-state index is 12.3. The largest absolute Gasteiger partial charge is 0.496 e. The molecule has 5 heteroatoms. The Morgan fingerprint density at radius 2 is 1.77 bits per heavy atom. The van der Waals surface area contributed by atoms with Crippen LogP contribution in [0.25, 0.3) is 11.1 Å². The molecule has 0 aromatic heterocycles. The van der Waals surface area contributed by atoms with Crippen molar-refractivity contribution in [2.24, 2.45) is 0 Å². The predicted molar refractivity (Wildman–Crippen MR) is 103 cm³/mol. The van der Waals surface area contributed by atoms with Crippen LogP contribution in [0.5, 0.6) is 5.75 Å². The van der Waals surface area contributed by atoms with Crippen LogP contribution >= 0.6 is 0 Å². The summed E-state index contributed by atoms with van der Waals surface area (Å²) in [4.78, 5) is 25.4. The van der Waals surface area contributed by atoms with E-state index < -0.39 is 0 Å². The summed E-state index contributed by atoms with van der Waals surface area (Å²) in [5.41, 5.74) is 3.55. The quantitative estimate of drug-likeness (QED) is 0.904. The fraction of sp³-hybridized carbons (Fsp3) is 0.333. The highest BCUT2D eigenvalue weighted by Gasteiger charge is 2.28. The monoisotopic (exact) mass is 352 g/mol. The van der Waals surface area contributed by atoms with Gasteiger partial charge in [-0.25, -0.2) is 4.79 Å². The molecule has 0 spiro atoms. The van der Waals surface area contributed by atoms with Crippen LogP contribution < -0.4 is 15.0 Å². The zero-order valence-corrected chi connectivity index (χ0v) is 15.6. The van der Waals surface area contributed by atoms with Gasteiger partial charge >= 0.3 is 6.03 Å². The van der Waals surface area contributed by atoms with Crippen molar-refractivity contribution in [3.63, 3.8) is 0 Å². The molecule has 0 atom stereocenters. The molecule has 1 fully saturated rings. The molecule has 1 aliphatic heterocycles. The van der Waals surface area contributed by atoms with E-state index in [1.807, 2.05) is 42.5 Å². The van der Waals surface area contributed by atoms with Gasteiger partial charge in [-0.3, -0.25) is 15.0 Å². The molecule has 2 aromatic carbocycles. The molecule has 3 rings (SSSR count). The maximum Gasteiger partial charge on any atom is 0.328 e. The van der Waals surface area contributed by atoms with Gasteiger partial charge in [0, 0.05) is 29.8 Å². The van der Waals surface area contributed by atoms with Crippen LogP contribution in [0.4, 0.5) is 10.5 Å². The van der Waals surface area contributed by atoms with Crippen molar-refractivity contribution < 1.29 is 14.3 Å². The Morgan fingerprint density at radius 3 is 2.35 bits per heavy atom. The number of hydrogen-bond acceptors (Lipinski definition) is 3. The minimum absolute atomic E-state index is 0.174. The van der Waals surface area contributed by atoms with Crippen molar-refractivity contribution in [1.82, 2.24) is 5.32 Å². The van der Waals surface area contributed by atoms with Gasteiger partial charge in [0.1, 0.15) is 5.75 Å². The average Bonchev–Trinajstić information content (AvgIpc) is 2.60. The van der Waals surface area contributed by atoms with Gasteiger partial charge in [-0.15, -0.1) is 0 Å². The highest BCUT2D eigenvalue weighted by atomic mass is 16.5. The Bertz CT molecular complexity index is 838.